The lowest BCUT2D eigenvalue weighted by Crippen LogP contribution is -2.30. The van der Waals surface area contributed by atoms with Crippen LogP contribution in [0.25, 0.3) is 10.9 Å². The largest absolute Gasteiger partial charge is 0.341 e. The van der Waals surface area contributed by atoms with Gasteiger partial charge in [-0.05, 0) is 37.1 Å². The van der Waals surface area contributed by atoms with Crippen LogP contribution in [0.2, 0.25) is 0 Å². The number of rotatable bonds is 5. The Bertz CT molecular complexity index is 1100. The lowest BCUT2D eigenvalue weighted by Gasteiger charge is -2.15. The van der Waals surface area contributed by atoms with Gasteiger partial charge in [-0.1, -0.05) is 24.3 Å². The van der Waals surface area contributed by atoms with E-state index in [2.05, 4.69) is 5.32 Å². The van der Waals surface area contributed by atoms with Gasteiger partial charge in [0.25, 0.3) is 11.7 Å². The minimum absolute atomic E-state index is 0.00790. The molecule has 6 nitrogen and oxygen atoms in total. The lowest BCUT2D eigenvalue weighted by molar-refractivity contribution is -0.130. The van der Waals surface area contributed by atoms with Gasteiger partial charge in [0.2, 0.25) is 5.91 Å². The first kappa shape index (κ1) is 18.9. The van der Waals surface area contributed by atoms with Crippen molar-refractivity contribution in [3.05, 3.63) is 66.1 Å². The molecule has 0 bridgehead atoms. The SMILES string of the molecule is O=C(Nc1cccc(F)c1)C(=O)c1cn(CC(=O)N2CCCC2)c2ccccc12. The Balaban J connectivity index is 1.60. The summed E-state index contributed by atoms with van der Waals surface area (Å²) in [5, 5.41) is 3.03. The summed E-state index contributed by atoms with van der Waals surface area (Å²) in [6.45, 7) is 1.61. The van der Waals surface area contributed by atoms with Crippen molar-refractivity contribution in [3.8, 4) is 0 Å². The van der Waals surface area contributed by atoms with Crippen molar-refractivity contribution < 1.29 is 18.8 Å². The number of carbonyl (C=O) groups is 3. The molecule has 3 aromatic rings. The van der Waals surface area contributed by atoms with Crippen molar-refractivity contribution in [3.63, 3.8) is 0 Å². The van der Waals surface area contributed by atoms with Gasteiger partial charge < -0.3 is 14.8 Å². The molecule has 7 heteroatoms. The van der Waals surface area contributed by atoms with Gasteiger partial charge in [0.15, 0.2) is 0 Å². The molecule has 148 valence electrons. The van der Waals surface area contributed by atoms with E-state index in [1.54, 1.807) is 22.9 Å². The Hall–Kier alpha value is -3.48. The second kappa shape index (κ2) is 7.87. The molecule has 1 fully saturated rings. The van der Waals surface area contributed by atoms with Gasteiger partial charge in [-0.3, -0.25) is 14.4 Å². The number of Topliss-reactive ketones (excluding diaryl/α,β-unsaturated/α-hetero) is 1. The molecule has 0 radical (unpaired) electrons. The van der Waals surface area contributed by atoms with Gasteiger partial charge in [-0.25, -0.2) is 4.39 Å². The van der Waals surface area contributed by atoms with Crippen LogP contribution >= 0.6 is 0 Å². The number of halogens is 1. The number of para-hydroxylation sites is 1. The molecular formula is C22H20FN3O3. The molecule has 1 saturated heterocycles. The number of nitrogens with zero attached hydrogens (tertiary/aromatic N) is 2. The Morgan fingerprint density at radius 3 is 2.52 bits per heavy atom. The maximum absolute atomic E-state index is 13.3. The van der Waals surface area contributed by atoms with E-state index in [1.807, 2.05) is 17.0 Å². The van der Waals surface area contributed by atoms with Gasteiger partial charge in [0, 0.05) is 35.9 Å². The van der Waals surface area contributed by atoms with E-state index in [4.69, 9.17) is 0 Å². The number of ketones is 1. The Kier molecular flexibility index (Phi) is 5.12. The second-order valence-corrected chi connectivity index (χ2v) is 7.07. The summed E-state index contributed by atoms with van der Waals surface area (Å²) in [6.07, 6.45) is 3.55. The molecule has 1 aliphatic rings. The van der Waals surface area contributed by atoms with Gasteiger partial charge in [-0.15, -0.1) is 0 Å². The fraction of sp³-hybridized carbons (Fsp3) is 0.227. The third kappa shape index (κ3) is 3.89. The fourth-order valence-corrected chi connectivity index (χ4v) is 3.65. The third-order valence-electron chi connectivity index (χ3n) is 5.09. The number of carbonyl (C=O) groups excluding carboxylic acids is 3. The van der Waals surface area contributed by atoms with Crippen LogP contribution in [0.1, 0.15) is 23.2 Å². The number of likely N-dealkylation sites (tertiary alicyclic amines) is 1. The Morgan fingerprint density at radius 2 is 1.76 bits per heavy atom. The number of fused-ring (bicyclic) bond motifs is 1. The standard InChI is InChI=1S/C22H20FN3O3/c23-15-6-5-7-16(12-15)24-22(29)21(28)18-13-26(19-9-2-1-8-17(18)19)14-20(27)25-10-3-4-11-25/h1-2,5-9,12-13H,3-4,10-11,14H2,(H,24,29). The normalized spacial score (nSPS) is 13.6. The molecular weight excluding hydrogens is 373 g/mol. The van der Waals surface area contributed by atoms with E-state index in [-0.39, 0.29) is 23.7 Å². The topological polar surface area (TPSA) is 71.4 Å². The number of amides is 2. The van der Waals surface area contributed by atoms with Crippen molar-refractivity contribution in [2.75, 3.05) is 18.4 Å². The first-order chi connectivity index (χ1) is 14.0. The molecule has 0 aliphatic carbocycles. The van der Waals surface area contributed by atoms with Crippen molar-refractivity contribution in [2.45, 2.75) is 19.4 Å². The molecule has 1 N–H and O–H groups in total. The van der Waals surface area contributed by atoms with Crippen LogP contribution in [-0.2, 0) is 16.1 Å². The van der Waals surface area contributed by atoms with Crippen LogP contribution in [0, 0.1) is 5.82 Å². The van der Waals surface area contributed by atoms with Crippen LogP contribution in [0.4, 0.5) is 10.1 Å². The fourth-order valence-electron chi connectivity index (χ4n) is 3.65. The highest BCUT2D eigenvalue weighted by Crippen LogP contribution is 2.23. The minimum atomic E-state index is -0.857. The first-order valence-corrected chi connectivity index (χ1v) is 9.50. The monoisotopic (exact) mass is 393 g/mol. The summed E-state index contributed by atoms with van der Waals surface area (Å²) >= 11 is 0. The molecule has 0 atom stereocenters. The number of aromatic nitrogens is 1. The average Bonchev–Trinajstić information content (AvgIpc) is 3.36. The van der Waals surface area contributed by atoms with E-state index < -0.39 is 17.5 Å². The molecule has 4 rings (SSSR count). The number of benzene rings is 2. The van der Waals surface area contributed by atoms with E-state index in [0.29, 0.717) is 10.9 Å². The number of anilines is 1. The summed E-state index contributed by atoms with van der Waals surface area (Å²) in [6, 6.07) is 12.5. The van der Waals surface area contributed by atoms with Crippen molar-refractivity contribution in [2.24, 2.45) is 0 Å². The summed E-state index contributed by atoms with van der Waals surface area (Å²) in [5.74, 6) is -2.11. The van der Waals surface area contributed by atoms with Crippen LogP contribution in [-0.4, -0.2) is 40.2 Å². The van der Waals surface area contributed by atoms with Gasteiger partial charge >= 0.3 is 0 Å². The van der Waals surface area contributed by atoms with Crippen LogP contribution in [0.5, 0.6) is 0 Å². The molecule has 0 unspecified atom stereocenters. The van der Waals surface area contributed by atoms with Crippen molar-refractivity contribution in [1.29, 1.82) is 0 Å². The van der Waals surface area contributed by atoms with Crippen LogP contribution in [0.15, 0.2) is 54.7 Å². The molecule has 1 aliphatic heterocycles. The summed E-state index contributed by atoms with van der Waals surface area (Å²) in [7, 11) is 0. The molecule has 2 aromatic carbocycles. The smallest absolute Gasteiger partial charge is 0.296 e. The Morgan fingerprint density at radius 1 is 1.00 bits per heavy atom. The van der Waals surface area contributed by atoms with Crippen molar-refractivity contribution >= 4 is 34.2 Å². The highest BCUT2D eigenvalue weighted by atomic mass is 19.1. The number of hydrogen-bond donors (Lipinski definition) is 1. The minimum Gasteiger partial charge on any atom is -0.341 e. The zero-order valence-electron chi connectivity index (χ0n) is 15.7. The van der Waals surface area contributed by atoms with Gasteiger partial charge in [-0.2, -0.15) is 0 Å². The van der Waals surface area contributed by atoms with Crippen LogP contribution in [0.3, 0.4) is 0 Å². The van der Waals surface area contributed by atoms with Gasteiger partial charge in [0.1, 0.15) is 12.4 Å². The molecule has 0 spiro atoms. The maximum Gasteiger partial charge on any atom is 0.296 e. The first-order valence-electron chi connectivity index (χ1n) is 9.50. The van der Waals surface area contributed by atoms with E-state index in [1.165, 1.54) is 18.2 Å². The van der Waals surface area contributed by atoms with Crippen molar-refractivity contribution in [1.82, 2.24) is 9.47 Å². The molecule has 2 amide bonds. The molecule has 0 saturated carbocycles. The van der Waals surface area contributed by atoms with Crippen LogP contribution < -0.4 is 5.32 Å². The average molecular weight is 393 g/mol. The predicted molar refractivity (Wildman–Crippen MR) is 107 cm³/mol. The zero-order chi connectivity index (χ0) is 20.4. The third-order valence-corrected chi connectivity index (χ3v) is 5.09. The summed E-state index contributed by atoms with van der Waals surface area (Å²) in [5.41, 5.74) is 1.13. The Labute approximate surface area is 166 Å². The zero-order valence-corrected chi connectivity index (χ0v) is 15.7. The summed E-state index contributed by atoms with van der Waals surface area (Å²) < 4.78 is 15.0. The maximum atomic E-state index is 13.3. The molecule has 1 aromatic heterocycles. The highest BCUT2D eigenvalue weighted by molar-refractivity contribution is 6.48. The predicted octanol–water partition coefficient (Wildman–Crippen LogP) is 3.22. The number of hydrogen-bond acceptors (Lipinski definition) is 3. The number of nitrogens with one attached hydrogen (secondary N) is 1. The van der Waals surface area contributed by atoms with E-state index in [9.17, 15) is 18.8 Å². The van der Waals surface area contributed by atoms with Gasteiger partial charge in [0.05, 0.1) is 5.56 Å². The lowest BCUT2D eigenvalue weighted by atomic mass is 10.1. The quantitative estimate of drug-likeness (QED) is 0.534. The van der Waals surface area contributed by atoms with E-state index >= 15 is 0 Å². The highest BCUT2D eigenvalue weighted by Gasteiger charge is 2.24. The second-order valence-electron chi connectivity index (χ2n) is 7.07. The molecule has 29 heavy (non-hydrogen) atoms. The van der Waals surface area contributed by atoms with E-state index in [0.717, 1.165) is 32.0 Å². The summed E-state index contributed by atoms with van der Waals surface area (Å²) in [4.78, 5) is 39.6. The molecule has 2 heterocycles.